The molecule has 10 nitrogen and oxygen atoms in total. The first kappa shape index (κ1) is 29.6. The zero-order valence-electron chi connectivity index (χ0n) is 25.5. The van der Waals surface area contributed by atoms with Crippen molar-refractivity contribution in [2.45, 2.75) is 53.2 Å². The maximum atomic E-state index is 14.2. The number of aromatic nitrogens is 3. The van der Waals surface area contributed by atoms with Crippen molar-refractivity contribution in [2.24, 2.45) is 0 Å². The molecule has 0 spiro atoms. The number of benzene rings is 2. The number of fused-ring (bicyclic) bond motifs is 2. The summed E-state index contributed by atoms with van der Waals surface area (Å²) >= 11 is 0. The molecule has 0 saturated heterocycles. The van der Waals surface area contributed by atoms with Crippen molar-refractivity contribution in [3.63, 3.8) is 0 Å². The summed E-state index contributed by atoms with van der Waals surface area (Å²) in [6, 6.07) is 15.1. The third-order valence-electron chi connectivity index (χ3n) is 7.05. The monoisotopic (exact) mass is 582 g/mol. The summed E-state index contributed by atoms with van der Waals surface area (Å²) in [4.78, 5) is 40.4. The molecule has 43 heavy (non-hydrogen) atoms. The summed E-state index contributed by atoms with van der Waals surface area (Å²) in [5.41, 5.74) is 3.38. The first-order valence-electron chi connectivity index (χ1n) is 14.4. The number of nitrogens with zero attached hydrogens (tertiary/aromatic N) is 5. The molecule has 2 aromatic heterocycles. The standard InChI is InChI=1S/C33H38N6O4/c1-7-8-9-16-39-29-23(21-34-31(36-29)35-24-13-11-14-25(20-24)42-6)19-27(30(39)40)37-17-18-38(32(41)43-33(3,4)5)28-22(2)12-10-15-26(28)37/h8-15,19-21H,7,16-18H2,1-6H3,(H,34,35,36)/b9-8-. The maximum Gasteiger partial charge on any atom is 0.414 e. The van der Waals surface area contributed by atoms with Gasteiger partial charge in [0.15, 0.2) is 0 Å². The molecule has 0 fully saturated rings. The van der Waals surface area contributed by atoms with Gasteiger partial charge in [-0.25, -0.2) is 9.78 Å². The Kier molecular flexibility index (Phi) is 8.38. The Morgan fingerprint density at radius 2 is 1.86 bits per heavy atom. The van der Waals surface area contributed by atoms with E-state index in [4.69, 9.17) is 14.5 Å². The lowest BCUT2D eigenvalue weighted by Gasteiger charge is -2.39. The minimum Gasteiger partial charge on any atom is -0.497 e. The van der Waals surface area contributed by atoms with Gasteiger partial charge in [-0.05, 0) is 63.9 Å². The third kappa shape index (κ3) is 6.33. The van der Waals surface area contributed by atoms with Crippen LogP contribution in [0.2, 0.25) is 0 Å². The molecule has 2 aromatic carbocycles. The number of methoxy groups -OCH3 is 1. The van der Waals surface area contributed by atoms with Gasteiger partial charge in [-0.15, -0.1) is 0 Å². The fraction of sp³-hybridized carbons (Fsp3) is 0.333. The lowest BCUT2D eigenvalue weighted by Crippen LogP contribution is -2.46. The van der Waals surface area contributed by atoms with Crippen LogP contribution in [0.4, 0.5) is 33.5 Å². The topological polar surface area (TPSA) is 102 Å². The van der Waals surface area contributed by atoms with Gasteiger partial charge in [-0.3, -0.25) is 14.3 Å². The van der Waals surface area contributed by atoms with Crippen molar-refractivity contribution in [3.8, 4) is 5.75 Å². The lowest BCUT2D eigenvalue weighted by molar-refractivity contribution is 0.0580. The van der Waals surface area contributed by atoms with Crippen molar-refractivity contribution in [3.05, 3.63) is 82.8 Å². The predicted molar refractivity (Wildman–Crippen MR) is 171 cm³/mol. The number of para-hydroxylation sites is 1. The molecule has 5 rings (SSSR count). The van der Waals surface area contributed by atoms with Crippen LogP contribution in [0.5, 0.6) is 5.75 Å². The van der Waals surface area contributed by atoms with Crippen LogP contribution in [0.1, 0.15) is 39.7 Å². The van der Waals surface area contributed by atoms with Crippen LogP contribution >= 0.6 is 0 Å². The van der Waals surface area contributed by atoms with Crippen molar-refractivity contribution < 1.29 is 14.3 Å². The molecule has 10 heteroatoms. The zero-order chi connectivity index (χ0) is 30.7. The van der Waals surface area contributed by atoms with E-state index in [0.717, 1.165) is 34.4 Å². The second kappa shape index (κ2) is 12.2. The summed E-state index contributed by atoms with van der Waals surface area (Å²) < 4.78 is 12.7. The molecule has 0 saturated carbocycles. The maximum absolute atomic E-state index is 14.2. The SMILES string of the molecule is CC/C=C\Cn1c(=O)c(N2CCN(C(=O)OC(C)(C)C)c3c(C)cccc32)cc2cnc(Nc3cccc(OC)c3)nc21. The van der Waals surface area contributed by atoms with Crippen LogP contribution in [-0.4, -0.2) is 46.4 Å². The van der Waals surface area contributed by atoms with Gasteiger partial charge in [0.05, 0.1) is 18.5 Å². The highest BCUT2D eigenvalue weighted by molar-refractivity contribution is 5.97. The van der Waals surface area contributed by atoms with E-state index in [9.17, 15) is 9.59 Å². The number of pyridine rings is 1. The number of rotatable bonds is 7. The van der Waals surface area contributed by atoms with Gasteiger partial charge in [0.2, 0.25) is 5.95 Å². The first-order chi connectivity index (χ1) is 20.6. The molecular formula is C33H38N6O4. The minimum absolute atomic E-state index is 0.183. The number of allylic oxidation sites excluding steroid dienone is 2. The highest BCUT2D eigenvalue weighted by Crippen LogP contribution is 2.40. The number of nitrogens with one attached hydrogen (secondary N) is 1. The molecule has 0 atom stereocenters. The predicted octanol–water partition coefficient (Wildman–Crippen LogP) is 6.71. The smallest absolute Gasteiger partial charge is 0.414 e. The molecule has 0 unspecified atom stereocenters. The van der Waals surface area contributed by atoms with E-state index in [1.165, 1.54) is 0 Å². The van der Waals surface area contributed by atoms with Gasteiger partial charge in [0.25, 0.3) is 5.56 Å². The Morgan fingerprint density at radius 1 is 1.07 bits per heavy atom. The summed E-state index contributed by atoms with van der Waals surface area (Å²) in [7, 11) is 1.61. The minimum atomic E-state index is -0.630. The van der Waals surface area contributed by atoms with Crippen LogP contribution in [-0.2, 0) is 11.3 Å². The molecule has 0 aliphatic carbocycles. The molecule has 3 heterocycles. The summed E-state index contributed by atoms with van der Waals surface area (Å²) in [5, 5.41) is 3.94. The lowest BCUT2D eigenvalue weighted by atomic mass is 10.1. The van der Waals surface area contributed by atoms with E-state index >= 15 is 0 Å². The average Bonchev–Trinajstić information content (AvgIpc) is 2.97. The van der Waals surface area contributed by atoms with E-state index in [1.807, 2.05) is 93.3 Å². The van der Waals surface area contributed by atoms with Crippen LogP contribution < -0.4 is 25.4 Å². The van der Waals surface area contributed by atoms with Crippen LogP contribution in [0, 0.1) is 6.92 Å². The average molecular weight is 583 g/mol. The third-order valence-corrected chi connectivity index (χ3v) is 7.05. The van der Waals surface area contributed by atoms with Crippen LogP contribution in [0.15, 0.2) is 71.7 Å². The molecule has 224 valence electrons. The largest absolute Gasteiger partial charge is 0.497 e. The summed E-state index contributed by atoms with van der Waals surface area (Å²) in [5.74, 6) is 1.08. The highest BCUT2D eigenvalue weighted by Gasteiger charge is 2.33. The van der Waals surface area contributed by atoms with Crippen LogP contribution in [0.3, 0.4) is 0 Å². The van der Waals surface area contributed by atoms with Gasteiger partial charge in [-0.2, -0.15) is 4.98 Å². The molecule has 1 aliphatic rings. The van der Waals surface area contributed by atoms with E-state index in [-0.39, 0.29) is 5.56 Å². The first-order valence-corrected chi connectivity index (χ1v) is 14.4. The number of carbonyl (C=O) groups excluding carboxylic acids is 1. The zero-order valence-corrected chi connectivity index (χ0v) is 25.5. The fourth-order valence-corrected chi connectivity index (χ4v) is 5.14. The van der Waals surface area contributed by atoms with E-state index in [1.54, 1.807) is 22.8 Å². The van der Waals surface area contributed by atoms with Crippen molar-refractivity contribution >= 4 is 45.8 Å². The second-order valence-electron chi connectivity index (χ2n) is 11.4. The Labute approximate surface area is 251 Å². The number of anilines is 5. The van der Waals surface area contributed by atoms with Gasteiger partial charge in [0, 0.05) is 43.0 Å². The van der Waals surface area contributed by atoms with Gasteiger partial charge in [0.1, 0.15) is 22.7 Å². The number of amides is 1. The second-order valence-corrected chi connectivity index (χ2v) is 11.4. The normalized spacial score (nSPS) is 13.3. The Hall–Kier alpha value is -4.86. The fourth-order valence-electron chi connectivity index (χ4n) is 5.14. The number of hydrogen-bond acceptors (Lipinski definition) is 8. The Balaban J connectivity index is 1.60. The van der Waals surface area contributed by atoms with E-state index < -0.39 is 11.7 Å². The number of ether oxygens (including phenoxy) is 2. The van der Waals surface area contributed by atoms with Crippen molar-refractivity contribution in [2.75, 3.05) is 35.3 Å². The summed E-state index contributed by atoms with van der Waals surface area (Å²) in [6.07, 6.45) is 6.17. The number of carbonyl (C=O) groups is 1. The van der Waals surface area contributed by atoms with Gasteiger partial charge < -0.3 is 19.7 Å². The molecule has 1 amide bonds. The quantitative estimate of drug-likeness (QED) is 0.240. The molecule has 1 aliphatic heterocycles. The molecular weight excluding hydrogens is 544 g/mol. The number of aryl methyl sites for hydroxylation is 1. The van der Waals surface area contributed by atoms with Crippen molar-refractivity contribution in [1.82, 2.24) is 14.5 Å². The van der Waals surface area contributed by atoms with Gasteiger partial charge in [-0.1, -0.05) is 37.3 Å². The highest BCUT2D eigenvalue weighted by atomic mass is 16.6. The Morgan fingerprint density at radius 3 is 2.60 bits per heavy atom. The molecule has 1 N–H and O–H groups in total. The molecule has 0 radical (unpaired) electrons. The van der Waals surface area contributed by atoms with Crippen molar-refractivity contribution in [1.29, 1.82) is 0 Å². The Bertz CT molecular complexity index is 1740. The number of hydrogen-bond donors (Lipinski definition) is 1. The van der Waals surface area contributed by atoms with Crippen LogP contribution in [0.25, 0.3) is 11.0 Å². The van der Waals surface area contributed by atoms with E-state index in [2.05, 4.69) is 17.2 Å². The molecule has 4 aromatic rings. The summed E-state index contributed by atoms with van der Waals surface area (Å²) in [6.45, 7) is 10.7. The molecule has 0 bridgehead atoms. The van der Waals surface area contributed by atoms with Gasteiger partial charge >= 0.3 is 6.09 Å². The van der Waals surface area contributed by atoms with E-state index in [0.29, 0.717) is 42.7 Å².